The van der Waals surface area contributed by atoms with Crippen molar-refractivity contribution in [3.05, 3.63) is 35.4 Å². The molecule has 0 radical (unpaired) electrons. The van der Waals surface area contributed by atoms with Crippen LogP contribution in [-0.4, -0.2) is 5.92 Å². The van der Waals surface area contributed by atoms with E-state index in [2.05, 4.69) is 0 Å². The zero-order valence-electron chi connectivity index (χ0n) is 8.35. The third-order valence-corrected chi connectivity index (χ3v) is 2.12. The highest BCUT2D eigenvalue weighted by molar-refractivity contribution is 5.28. The Bertz CT molecular complexity index is 366. The van der Waals surface area contributed by atoms with Crippen molar-refractivity contribution in [2.24, 2.45) is 5.73 Å². The van der Waals surface area contributed by atoms with Crippen molar-refractivity contribution in [1.29, 1.82) is 0 Å². The van der Waals surface area contributed by atoms with Gasteiger partial charge in [-0.15, -0.1) is 0 Å². The third-order valence-electron chi connectivity index (χ3n) is 2.12. The summed E-state index contributed by atoms with van der Waals surface area (Å²) in [7, 11) is 0. The lowest BCUT2D eigenvalue weighted by atomic mass is 10.0. The van der Waals surface area contributed by atoms with E-state index in [9.17, 15) is 22.0 Å². The van der Waals surface area contributed by atoms with E-state index in [0.717, 1.165) is 18.2 Å². The van der Waals surface area contributed by atoms with Gasteiger partial charge in [-0.25, -0.2) is 8.78 Å². The van der Waals surface area contributed by atoms with Crippen LogP contribution in [0.5, 0.6) is 0 Å². The number of halogens is 5. The summed E-state index contributed by atoms with van der Waals surface area (Å²) in [6, 6.07) is 1.92. The Morgan fingerprint density at radius 3 is 2.12 bits per heavy atom. The second kappa shape index (κ2) is 4.01. The first-order valence-electron chi connectivity index (χ1n) is 4.43. The largest absolute Gasteiger partial charge is 0.416 e. The van der Waals surface area contributed by atoms with Crippen molar-refractivity contribution in [3.63, 3.8) is 0 Å². The molecule has 1 aromatic rings. The van der Waals surface area contributed by atoms with E-state index in [1.54, 1.807) is 0 Å². The molecule has 0 saturated carbocycles. The lowest BCUT2D eigenvalue weighted by Gasteiger charge is -2.20. The molecule has 1 aromatic carbocycles. The lowest BCUT2D eigenvalue weighted by molar-refractivity contribution is -0.137. The van der Waals surface area contributed by atoms with E-state index in [4.69, 9.17) is 5.73 Å². The van der Waals surface area contributed by atoms with Gasteiger partial charge in [0.1, 0.15) is 0 Å². The lowest BCUT2D eigenvalue weighted by Crippen LogP contribution is -2.29. The molecule has 0 aromatic heterocycles. The van der Waals surface area contributed by atoms with E-state index in [1.165, 1.54) is 0 Å². The molecule has 6 heteroatoms. The molecule has 16 heavy (non-hydrogen) atoms. The zero-order valence-corrected chi connectivity index (χ0v) is 8.35. The first-order valence-corrected chi connectivity index (χ1v) is 4.43. The molecule has 1 nitrogen and oxygen atoms in total. The van der Waals surface area contributed by atoms with E-state index in [1.807, 2.05) is 0 Å². The quantitative estimate of drug-likeness (QED) is 0.787. The Hall–Kier alpha value is -1.17. The first kappa shape index (κ1) is 12.9. The molecule has 1 unspecified atom stereocenters. The molecule has 90 valence electrons. The van der Waals surface area contributed by atoms with Gasteiger partial charge >= 0.3 is 6.18 Å². The fourth-order valence-corrected chi connectivity index (χ4v) is 1.20. The summed E-state index contributed by atoms with van der Waals surface area (Å²) in [5.74, 6) is -3.26. The maximum absolute atomic E-state index is 12.8. The molecule has 0 aliphatic carbocycles. The van der Waals surface area contributed by atoms with E-state index in [-0.39, 0.29) is 5.56 Å². The Kier molecular flexibility index (Phi) is 3.23. The number of benzene rings is 1. The van der Waals surface area contributed by atoms with Crippen LogP contribution in [0.2, 0.25) is 0 Å². The van der Waals surface area contributed by atoms with Crippen LogP contribution in [0.4, 0.5) is 22.0 Å². The second-order valence-corrected chi connectivity index (χ2v) is 3.56. The Labute approximate surface area is 89.1 Å². The maximum Gasteiger partial charge on any atom is 0.416 e. The fourth-order valence-electron chi connectivity index (χ4n) is 1.20. The number of rotatable bonds is 2. The summed E-state index contributed by atoms with van der Waals surface area (Å²) >= 11 is 0. The molecule has 2 N–H and O–H groups in total. The van der Waals surface area contributed by atoms with Gasteiger partial charge in [-0.3, -0.25) is 0 Å². The molecule has 0 saturated heterocycles. The summed E-state index contributed by atoms with van der Waals surface area (Å²) in [5, 5.41) is 0. The average Bonchev–Trinajstić information content (AvgIpc) is 2.14. The molecule has 1 rings (SSSR count). The average molecular weight is 239 g/mol. The monoisotopic (exact) mass is 239 g/mol. The maximum atomic E-state index is 12.8. The Morgan fingerprint density at radius 2 is 1.69 bits per heavy atom. The number of alkyl halides is 5. The second-order valence-electron chi connectivity index (χ2n) is 3.56. The molecule has 0 bridgehead atoms. The van der Waals surface area contributed by atoms with Crippen molar-refractivity contribution in [3.8, 4) is 0 Å². The van der Waals surface area contributed by atoms with Crippen molar-refractivity contribution in [1.82, 2.24) is 0 Å². The van der Waals surface area contributed by atoms with Crippen LogP contribution in [0, 0.1) is 0 Å². The van der Waals surface area contributed by atoms with E-state index in [0.29, 0.717) is 13.0 Å². The standard InChI is InChI=1S/C10H10F5N/c1-9(11,12)8(16)6-3-2-4-7(5-6)10(13,14)15/h2-5,8H,16H2,1H3. The molecule has 1 atom stereocenters. The van der Waals surface area contributed by atoms with E-state index < -0.39 is 23.7 Å². The van der Waals surface area contributed by atoms with Gasteiger partial charge in [0, 0.05) is 6.92 Å². The zero-order chi connectivity index (χ0) is 12.6. The summed E-state index contributed by atoms with van der Waals surface area (Å²) in [4.78, 5) is 0. The van der Waals surface area contributed by atoms with Crippen LogP contribution in [0.1, 0.15) is 24.1 Å². The molecule has 0 amide bonds. The van der Waals surface area contributed by atoms with Gasteiger partial charge in [0.15, 0.2) is 0 Å². The van der Waals surface area contributed by atoms with Crippen molar-refractivity contribution in [2.45, 2.75) is 25.1 Å². The minimum absolute atomic E-state index is 0.234. The van der Waals surface area contributed by atoms with Crippen LogP contribution < -0.4 is 5.73 Å². The van der Waals surface area contributed by atoms with E-state index >= 15 is 0 Å². The summed E-state index contributed by atoms with van der Waals surface area (Å²) in [6.45, 7) is 0.567. The molecule has 0 fully saturated rings. The van der Waals surface area contributed by atoms with Gasteiger partial charge in [-0.05, 0) is 17.7 Å². The molecule has 0 heterocycles. The van der Waals surface area contributed by atoms with Gasteiger partial charge in [0.05, 0.1) is 11.6 Å². The summed E-state index contributed by atoms with van der Waals surface area (Å²) in [6.07, 6.45) is -4.56. The number of nitrogens with two attached hydrogens (primary N) is 1. The summed E-state index contributed by atoms with van der Waals surface area (Å²) in [5.41, 5.74) is 3.95. The van der Waals surface area contributed by atoms with Crippen molar-refractivity contribution in [2.75, 3.05) is 0 Å². The third kappa shape index (κ3) is 2.91. The topological polar surface area (TPSA) is 26.0 Å². The van der Waals surface area contributed by atoms with Gasteiger partial charge < -0.3 is 5.73 Å². The number of hydrogen-bond donors (Lipinski definition) is 1. The molecular weight excluding hydrogens is 229 g/mol. The molecule has 0 aliphatic heterocycles. The highest BCUT2D eigenvalue weighted by Gasteiger charge is 2.35. The minimum Gasteiger partial charge on any atom is -0.319 e. The van der Waals surface area contributed by atoms with Gasteiger partial charge in [-0.2, -0.15) is 13.2 Å². The Morgan fingerprint density at radius 1 is 1.12 bits per heavy atom. The van der Waals surface area contributed by atoms with Crippen LogP contribution >= 0.6 is 0 Å². The Balaban J connectivity index is 3.09. The fraction of sp³-hybridized carbons (Fsp3) is 0.400. The minimum atomic E-state index is -4.56. The SMILES string of the molecule is CC(F)(F)C(N)c1cccc(C(F)(F)F)c1. The van der Waals surface area contributed by atoms with Gasteiger partial charge in [0.25, 0.3) is 5.92 Å². The highest BCUT2D eigenvalue weighted by Crippen LogP contribution is 2.33. The van der Waals surface area contributed by atoms with Gasteiger partial charge in [-0.1, -0.05) is 12.1 Å². The summed E-state index contributed by atoms with van der Waals surface area (Å²) < 4.78 is 62.5. The van der Waals surface area contributed by atoms with Crippen molar-refractivity contribution < 1.29 is 22.0 Å². The number of hydrogen-bond acceptors (Lipinski definition) is 1. The molecule has 0 aliphatic rings. The predicted molar refractivity (Wildman–Crippen MR) is 49.0 cm³/mol. The first-order chi connectivity index (χ1) is 7.12. The van der Waals surface area contributed by atoms with Crippen LogP contribution in [0.15, 0.2) is 24.3 Å². The van der Waals surface area contributed by atoms with Crippen molar-refractivity contribution >= 4 is 0 Å². The van der Waals surface area contributed by atoms with Crippen LogP contribution in [0.25, 0.3) is 0 Å². The normalized spacial score (nSPS) is 14.9. The smallest absolute Gasteiger partial charge is 0.319 e. The molecular formula is C10H10F5N. The van der Waals surface area contributed by atoms with Crippen LogP contribution in [0.3, 0.4) is 0 Å². The predicted octanol–water partition coefficient (Wildman–Crippen LogP) is 3.36. The highest BCUT2D eigenvalue weighted by atomic mass is 19.4. The van der Waals surface area contributed by atoms with Crippen LogP contribution in [-0.2, 0) is 6.18 Å². The molecule has 0 spiro atoms. The van der Waals surface area contributed by atoms with Gasteiger partial charge in [0.2, 0.25) is 0 Å².